The maximum absolute atomic E-state index is 12.4. The zero-order valence-electron chi connectivity index (χ0n) is 12.9. The van der Waals surface area contributed by atoms with Crippen LogP contribution in [0.25, 0.3) is 0 Å². The third kappa shape index (κ3) is 3.24. The van der Waals surface area contributed by atoms with E-state index in [-0.39, 0.29) is 11.8 Å². The molecule has 0 heterocycles. The molecule has 114 valence electrons. The van der Waals surface area contributed by atoms with Crippen LogP contribution in [-0.4, -0.2) is 36.3 Å². The standard InChI is InChI=1S/C16H23N3O2/c1-11-6-7-12(14(20)19(2)3)10-13(11)18-15(21)16(17)8-4-5-9-16/h6-7,10H,4-5,8-9,17H2,1-3H3,(H,18,21). The zero-order valence-corrected chi connectivity index (χ0v) is 12.9. The number of amides is 2. The van der Waals surface area contributed by atoms with Crippen LogP contribution in [0.3, 0.4) is 0 Å². The molecule has 0 radical (unpaired) electrons. The largest absolute Gasteiger partial charge is 0.345 e. The lowest BCUT2D eigenvalue weighted by Crippen LogP contribution is -2.48. The average Bonchev–Trinajstić information content (AvgIpc) is 2.88. The highest BCUT2D eigenvalue weighted by atomic mass is 16.2. The number of benzene rings is 1. The van der Waals surface area contributed by atoms with E-state index in [0.717, 1.165) is 18.4 Å². The Morgan fingerprint density at radius 2 is 1.86 bits per heavy atom. The van der Waals surface area contributed by atoms with Crippen molar-refractivity contribution in [2.75, 3.05) is 19.4 Å². The predicted molar refractivity (Wildman–Crippen MR) is 83.2 cm³/mol. The van der Waals surface area contributed by atoms with E-state index < -0.39 is 5.54 Å². The van der Waals surface area contributed by atoms with Gasteiger partial charge in [0.1, 0.15) is 0 Å². The van der Waals surface area contributed by atoms with Crippen molar-refractivity contribution >= 4 is 17.5 Å². The molecule has 1 aliphatic rings. The molecule has 1 aromatic rings. The number of carbonyl (C=O) groups is 2. The van der Waals surface area contributed by atoms with Gasteiger partial charge in [-0.15, -0.1) is 0 Å². The summed E-state index contributed by atoms with van der Waals surface area (Å²) in [5.41, 5.74) is 7.52. The topological polar surface area (TPSA) is 75.4 Å². The Bertz CT molecular complexity index is 561. The molecule has 0 aromatic heterocycles. The molecule has 0 atom stereocenters. The first-order valence-corrected chi connectivity index (χ1v) is 7.26. The van der Waals surface area contributed by atoms with Gasteiger partial charge in [-0.25, -0.2) is 0 Å². The van der Waals surface area contributed by atoms with Crippen LogP contribution >= 0.6 is 0 Å². The second-order valence-electron chi connectivity index (χ2n) is 6.05. The van der Waals surface area contributed by atoms with Crippen molar-refractivity contribution in [3.8, 4) is 0 Å². The summed E-state index contributed by atoms with van der Waals surface area (Å²) in [5, 5.41) is 2.89. The lowest BCUT2D eigenvalue weighted by Gasteiger charge is -2.23. The van der Waals surface area contributed by atoms with Crippen molar-refractivity contribution in [3.05, 3.63) is 29.3 Å². The van der Waals surface area contributed by atoms with Crippen LogP contribution in [0.1, 0.15) is 41.6 Å². The van der Waals surface area contributed by atoms with Gasteiger partial charge in [0.05, 0.1) is 5.54 Å². The van der Waals surface area contributed by atoms with Gasteiger partial charge in [-0.2, -0.15) is 0 Å². The molecule has 1 fully saturated rings. The molecule has 2 rings (SSSR count). The van der Waals surface area contributed by atoms with E-state index in [4.69, 9.17) is 5.73 Å². The van der Waals surface area contributed by atoms with Gasteiger partial charge in [-0.05, 0) is 37.5 Å². The summed E-state index contributed by atoms with van der Waals surface area (Å²) < 4.78 is 0. The molecule has 0 spiro atoms. The number of nitrogens with two attached hydrogens (primary N) is 1. The molecule has 21 heavy (non-hydrogen) atoms. The zero-order chi connectivity index (χ0) is 15.6. The van der Waals surface area contributed by atoms with Crippen molar-refractivity contribution in [3.63, 3.8) is 0 Å². The summed E-state index contributed by atoms with van der Waals surface area (Å²) in [7, 11) is 3.40. The molecule has 0 unspecified atom stereocenters. The second kappa shape index (κ2) is 5.85. The van der Waals surface area contributed by atoms with Gasteiger partial charge in [0.15, 0.2) is 0 Å². The molecule has 1 aromatic carbocycles. The maximum atomic E-state index is 12.4. The monoisotopic (exact) mass is 289 g/mol. The van der Waals surface area contributed by atoms with Crippen molar-refractivity contribution in [1.29, 1.82) is 0 Å². The van der Waals surface area contributed by atoms with Gasteiger partial charge in [-0.1, -0.05) is 18.9 Å². The fourth-order valence-electron chi connectivity index (χ4n) is 2.63. The van der Waals surface area contributed by atoms with Crippen LogP contribution in [0.2, 0.25) is 0 Å². The van der Waals surface area contributed by atoms with Crippen molar-refractivity contribution < 1.29 is 9.59 Å². The SMILES string of the molecule is Cc1ccc(C(=O)N(C)C)cc1NC(=O)C1(N)CCCC1. The van der Waals surface area contributed by atoms with Gasteiger partial charge >= 0.3 is 0 Å². The minimum absolute atomic E-state index is 0.0890. The Hall–Kier alpha value is -1.88. The van der Waals surface area contributed by atoms with Gasteiger partial charge in [0.2, 0.25) is 5.91 Å². The number of nitrogens with zero attached hydrogens (tertiary/aromatic N) is 1. The Morgan fingerprint density at radius 3 is 2.43 bits per heavy atom. The van der Waals surface area contributed by atoms with Gasteiger partial charge in [0, 0.05) is 25.3 Å². The minimum atomic E-state index is -0.770. The highest BCUT2D eigenvalue weighted by Gasteiger charge is 2.37. The Kier molecular flexibility index (Phi) is 4.32. The molecule has 1 saturated carbocycles. The van der Waals surface area contributed by atoms with E-state index in [1.807, 2.05) is 13.0 Å². The summed E-state index contributed by atoms with van der Waals surface area (Å²) in [6.07, 6.45) is 3.41. The molecule has 0 aliphatic heterocycles. The van der Waals surface area contributed by atoms with E-state index in [1.54, 1.807) is 26.2 Å². The van der Waals surface area contributed by atoms with Crippen LogP contribution < -0.4 is 11.1 Å². The van der Waals surface area contributed by atoms with Gasteiger partial charge < -0.3 is 16.0 Å². The lowest BCUT2D eigenvalue weighted by atomic mass is 9.97. The molecule has 0 saturated heterocycles. The molecule has 5 nitrogen and oxygen atoms in total. The van der Waals surface area contributed by atoms with Crippen LogP contribution in [0.5, 0.6) is 0 Å². The summed E-state index contributed by atoms with van der Waals surface area (Å²) in [4.78, 5) is 25.9. The lowest BCUT2D eigenvalue weighted by molar-refractivity contribution is -0.121. The smallest absolute Gasteiger partial charge is 0.253 e. The van der Waals surface area contributed by atoms with Gasteiger partial charge in [-0.3, -0.25) is 9.59 Å². The fraction of sp³-hybridized carbons (Fsp3) is 0.500. The van der Waals surface area contributed by atoms with Crippen molar-refractivity contribution in [1.82, 2.24) is 4.90 Å². The first-order chi connectivity index (χ1) is 9.83. The molecule has 1 aliphatic carbocycles. The fourth-order valence-corrected chi connectivity index (χ4v) is 2.63. The van der Waals surface area contributed by atoms with E-state index in [0.29, 0.717) is 24.1 Å². The summed E-state index contributed by atoms with van der Waals surface area (Å²) >= 11 is 0. The minimum Gasteiger partial charge on any atom is -0.345 e. The van der Waals surface area contributed by atoms with Crippen molar-refractivity contribution in [2.24, 2.45) is 5.73 Å². The normalized spacial score (nSPS) is 16.6. The first kappa shape index (κ1) is 15.5. The third-order valence-corrected chi connectivity index (χ3v) is 4.09. The highest BCUT2D eigenvalue weighted by molar-refractivity contribution is 6.00. The van der Waals surface area contributed by atoms with Gasteiger partial charge in [0.25, 0.3) is 5.91 Å². The predicted octanol–water partition coefficient (Wildman–Crippen LogP) is 1.91. The van der Waals surface area contributed by atoms with E-state index in [2.05, 4.69) is 5.32 Å². The number of aryl methyl sites for hydroxylation is 1. The number of carbonyl (C=O) groups excluding carboxylic acids is 2. The van der Waals surface area contributed by atoms with Crippen molar-refractivity contribution in [2.45, 2.75) is 38.1 Å². The molecular formula is C16H23N3O2. The molecule has 0 bridgehead atoms. The maximum Gasteiger partial charge on any atom is 0.253 e. The summed E-state index contributed by atoms with van der Waals surface area (Å²) in [5.74, 6) is -0.244. The van der Waals surface area contributed by atoms with Crippen LogP contribution in [0, 0.1) is 6.92 Å². The number of nitrogens with one attached hydrogen (secondary N) is 1. The van der Waals surface area contributed by atoms with E-state index in [1.165, 1.54) is 4.90 Å². The highest BCUT2D eigenvalue weighted by Crippen LogP contribution is 2.29. The number of hydrogen-bond acceptors (Lipinski definition) is 3. The number of anilines is 1. The van der Waals surface area contributed by atoms with E-state index in [9.17, 15) is 9.59 Å². The molecule has 5 heteroatoms. The Labute approximate surface area is 125 Å². The third-order valence-electron chi connectivity index (χ3n) is 4.09. The Balaban J connectivity index is 2.21. The number of hydrogen-bond donors (Lipinski definition) is 2. The summed E-state index contributed by atoms with van der Waals surface area (Å²) in [6, 6.07) is 5.32. The Morgan fingerprint density at radius 1 is 1.24 bits per heavy atom. The molecular weight excluding hydrogens is 266 g/mol. The average molecular weight is 289 g/mol. The molecule has 3 N–H and O–H groups in total. The summed E-state index contributed by atoms with van der Waals surface area (Å²) in [6.45, 7) is 1.90. The second-order valence-corrected chi connectivity index (χ2v) is 6.05. The van der Waals surface area contributed by atoms with Crippen LogP contribution in [-0.2, 0) is 4.79 Å². The number of rotatable bonds is 3. The van der Waals surface area contributed by atoms with Crippen LogP contribution in [0.4, 0.5) is 5.69 Å². The molecule has 2 amide bonds. The van der Waals surface area contributed by atoms with E-state index >= 15 is 0 Å². The first-order valence-electron chi connectivity index (χ1n) is 7.26. The quantitative estimate of drug-likeness (QED) is 0.892. The van der Waals surface area contributed by atoms with Crippen LogP contribution in [0.15, 0.2) is 18.2 Å².